The van der Waals surface area contributed by atoms with Gasteiger partial charge in [0, 0.05) is 30.9 Å². The zero-order chi connectivity index (χ0) is 13.1. The highest BCUT2D eigenvalue weighted by molar-refractivity contribution is 5.46. The minimum Gasteiger partial charge on any atom is -0.370 e. The molecule has 2 atom stereocenters. The lowest BCUT2D eigenvalue weighted by molar-refractivity contribution is 0.322. The molecule has 2 nitrogen and oxygen atoms in total. The summed E-state index contributed by atoms with van der Waals surface area (Å²) < 4.78 is 0. The average molecular weight is 258 g/mol. The Balaban J connectivity index is 1.63. The fourth-order valence-corrected chi connectivity index (χ4v) is 3.75. The molecule has 1 saturated carbocycles. The van der Waals surface area contributed by atoms with Gasteiger partial charge in [-0.25, -0.2) is 0 Å². The summed E-state index contributed by atoms with van der Waals surface area (Å²) in [6, 6.07) is 12.3. The van der Waals surface area contributed by atoms with Gasteiger partial charge in [0.05, 0.1) is 0 Å². The van der Waals surface area contributed by atoms with Crippen LogP contribution in [0.2, 0.25) is 0 Å². The number of anilines is 1. The fraction of sp³-hybridized carbons (Fsp3) is 0.647. The molecule has 2 heteroatoms. The third-order valence-electron chi connectivity index (χ3n) is 4.61. The molecule has 2 fully saturated rings. The molecule has 0 spiro atoms. The topological polar surface area (TPSA) is 15.3 Å². The molecule has 1 aromatic carbocycles. The van der Waals surface area contributed by atoms with Crippen LogP contribution in [0.4, 0.5) is 5.69 Å². The van der Waals surface area contributed by atoms with Crippen molar-refractivity contribution < 1.29 is 0 Å². The highest BCUT2D eigenvalue weighted by atomic mass is 15.2. The van der Waals surface area contributed by atoms with Gasteiger partial charge in [0.2, 0.25) is 0 Å². The number of hydrogen-bond donors (Lipinski definition) is 1. The van der Waals surface area contributed by atoms with Crippen LogP contribution in [0, 0.1) is 5.92 Å². The molecular formula is C17H26N2. The van der Waals surface area contributed by atoms with E-state index in [0.717, 1.165) is 12.0 Å². The molecule has 1 heterocycles. The predicted molar refractivity (Wildman–Crippen MR) is 81.6 cm³/mol. The van der Waals surface area contributed by atoms with Crippen LogP contribution in [-0.2, 0) is 0 Å². The van der Waals surface area contributed by atoms with Crippen LogP contribution in [0.3, 0.4) is 0 Å². The standard InChI is InChI=1S/C17H26N2/c1-14-11-16(18-15-7-5-6-8-15)13-19(12-14)17-9-3-2-4-10-17/h2-4,9-10,14-16,18H,5-8,11-13H2,1H3. The quantitative estimate of drug-likeness (QED) is 0.893. The highest BCUT2D eigenvalue weighted by Crippen LogP contribution is 2.25. The van der Waals surface area contributed by atoms with Gasteiger partial charge in [-0.1, -0.05) is 38.0 Å². The Hall–Kier alpha value is -1.02. The summed E-state index contributed by atoms with van der Waals surface area (Å²) >= 11 is 0. The van der Waals surface area contributed by atoms with E-state index in [1.807, 2.05) is 0 Å². The lowest BCUT2D eigenvalue weighted by atomic mass is 9.94. The summed E-state index contributed by atoms with van der Waals surface area (Å²) in [7, 11) is 0. The normalized spacial score (nSPS) is 28.8. The number of para-hydroxylation sites is 1. The number of nitrogens with zero attached hydrogens (tertiary/aromatic N) is 1. The van der Waals surface area contributed by atoms with Crippen LogP contribution >= 0.6 is 0 Å². The van der Waals surface area contributed by atoms with Crippen LogP contribution in [0.1, 0.15) is 39.0 Å². The van der Waals surface area contributed by atoms with Gasteiger partial charge in [-0.3, -0.25) is 0 Å². The first-order valence-electron chi connectivity index (χ1n) is 7.87. The highest BCUT2D eigenvalue weighted by Gasteiger charge is 2.27. The van der Waals surface area contributed by atoms with E-state index in [0.29, 0.717) is 6.04 Å². The van der Waals surface area contributed by atoms with Gasteiger partial charge in [-0.05, 0) is 37.3 Å². The summed E-state index contributed by atoms with van der Waals surface area (Å²) in [5.41, 5.74) is 1.38. The minimum absolute atomic E-state index is 0.673. The van der Waals surface area contributed by atoms with E-state index in [1.165, 1.54) is 50.9 Å². The first-order valence-corrected chi connectivity index (χ1v) is 7.87. The van der Waals surface area contributed by atoms with Gasteiger partial charge in [0.15, 0.2) is 0 Å². The first kappa shape index (κ1) is 13.0. The van der Waals surface area contributed by atoms with Gasteiger partial charge in [0.1, 0.15) is 0 Å². The number of piperidine rings is 1. The van der Waals surface area contributed by atoms with Crippen LogP contribution in [0.5, 0.6) is 0 Å². The van der Waals surface area contributed by atoms with Gasteiger partial charge in [-0.2, -0.15) is 0 Å². The average Bonchev–Trinajstić information content (AvgIpc) is 2.92. The molecule has 0 amide bonds. The van der Waals surface area contributed by atoms with Crippen molar-refractivity contribution in [2.45, 2.75) is 51.1 Å². The van der Waals surface area contributed by atoms with E-state index in [2.05, 4.69) is 47.5 Å². The zero-order valence-electron chi connectivity index (χ0n) is 12.0. The summed E-state index contributed by atoms with van der Waals surface area (Å²) in [5.74, 6) is 0.785. The van der Waals surface area contributed by atoms with Crippen molar-refractivity contribution in [3.8, 4) is 0 Å². The second-order valence-electron chi connectivity index (χ2n) is 6.43. The summed E-state index contributed by atoms with van der Waals surface area (Å²) in [6.07, 6.45) is 6.94. The predicted octanol–water partition coefficient (Wildman–Crippen LogP) is 3.43. The fourth-order valence-electron chi connectivity index (χ4n) is 3.75. The second-order valence-corrected chi connectivity index (χ2v) is 6.43. The Morgan fingerprint density at radius 2 is 1.74 bits per heavy atom. The third kappa shape index (κ3) is 3.30. The molecule has 1 aliphatic carbocycles. The number of hydrogen-bond acceptors (Lipinski definition) is 2. The summed E-state index contributed by atoms with van der Waals surface area (Å²) in [4.78, 5) is 2.56. The second kappa shape index (κ2) is 5.96. The number of benzene rings is 1. The van der Waals surface area contributed by atoms with Crippen molar-refractivity contribution in [2.75, 3.05) is 18.0 Å². The van der Waals surface area contributed by atoms with E-state index >= 15 is 0 Å². The Morgan fingerprint density at radius 1 is 1.00 bits per heavy atom. The Labute approximate surface area is 117 Å². The van der Waals surface area contributed by atoms with Gasteiger partial charge >= 0.3 is 0 Å². The minimum atomic E-state index is 0.673. The van der Waals surface area contributed by atoms with Crippen LogP contribution in [-0.4, -0.2) is 25.2 Å². The SMILES string of the molecule is CC1CC(NC2CCCC2)CN(c2ccccc2)C1. The summed E-state index contributed by atoms with van der Waals surface area (Å²) in [5, 5.41) is 3.91. The maximum Gasteiger partial charge on any atom is 0.0366 e. The van der Waals surface area contributed by atoms with Gasteiger partial charge in [-0.15, -0.1) is 0 Å². The van der Waals surface area contributed by atoms with Crippen LogP contribution < -0.4 is 10.2 Å². The van der Waals surface area contributed by atoms with E-state index < -0.39 is 0 Å². The van der Waals surface area contributed by atoms with Crippen molar-refractivity contribution in [1.29, 1.82) is 0 Å². The molecule has 104 valence electrons. The number of nitrogens with one attached hydrogen (secondary N) is 1. The van der Waals surface area contributed by atoms with Crippen molar-refractivity contribution in [2.24, 2.45) is 5.92 Å². The van der Waals surface area contributed by atoms with Crippen molar-refractivity contribution in [1.82, 2.24) is 5.32 Å². The van der Waals surface area contributed by atoms with E-state index in [1.54, 1.807) is 0 Å². The summed E-state index contributed by atoms with van der Waals surface area (Å²) in [6.45, 7) is 4.76. The maximum absolute atomic E-state index is 3.91. The first-order chi connectivity index (χ1) is 9.31. The molecule has 1 aromatic rings. The Morgan fingerprint density at radius 3 is 2.47 bits per heavy atom. The van der Waals surface area contributed by atoms with Gasteiger partial charge in [0.25, 0.3) is 0 Å². The van der Waals surface area contributed by atoms with Gasteiger partial charge < -0.3 is 10.2 Å². The molecular weight excluding hydrogens is 232 g/mol. The van der Waals surface area contributed by atoms with Crippen LogP contribution in [0.15, 0.2) is 30.3 Å². The zero-order valence-corrected chi connectivity index (χ0v) is 12.0. The largest absolute Gasteiger partial charge is 0.370 e. The van der Waals surface area contributed by atoms with Crippen LogP contribution in [0.25, 0.3) is 0 Å². The molecule has 19 heavy (non-hydrogen) atoms. The Bertz CT molecular complexity index is 384. The molecule has 1 aliphatic heterocycles. The van der Waals surface area contributed by atoms with E-state index in [9.17, 15) is 0 Å². The maximum atomic E-state index is 3.91. The monoisotopic (exact) mass is 258 g/mol. The smallest absolute Gasteiger partial charge is 0.0366 e. The van der Waals surface area contributed by atoms with E-state index in [-0.39, 0.29) is 0 Å². The van der Waals surface area contributed by atoms with Crippen molar-refractivity contribution in [3.63, 3.8) is 0 Å². The molecule has 0 radical (unpaired) electrons. The lowest BCUT2D eigenvalue weighted by Gasteiger charge is -2.39. The molecule has 2 aliphatic rings. The van der Waals surface area contributed by atoms with Crippen molar-refractivity contribution >= 4 is 5.69 Å². The molecule has 1 saturated heterocycles. The Kier molecular flexibility index (Phi) is 4.07. The van der Waals surface area contributed by atoms with Crippen molar-refractivity contribution in [3.05, 3.63) is 30.3 Å². The molecule has 1 N–H and O–H groups in total. The molecule has 0 aromatic heterocycles. The van der Waals surface area contributed by atoms with E-state index in [4.69, 9.17) is 0 Å². The molecule has 3 rings (SSSR count). The molecule has 0 bridgehead atoms. The molecule has 2 unspecified atom stereocenters. The lowest BCUT2D eigenvalue weighted by Crippen LogP contribution is -2.51. The number of rotatable bonds is 3. The third-order valence-corrected chi connectivity index (χ3v) is 4.61.